The van der Waals surface area contributed by atoms with Crippen LogP contribution < -0.4 is 0 Å². The summed E-state index contributed by atoms with van der Waals surface area (Å²) < 4.78 is 0. The van der Waals surface area contributed by atoms with Gasteiger partial charge in [-0.1, -0.05) is 80.6 Å². The molecule has 0 aliphatic heterocycles. The van der Waals surface area contributed by atoms with Crippen molar-refractivity contribution in [2.75, 3.05) is 0 Å². The third-order valence-corrected chi connectivity index (χ3v) is 5.29. The molecular weight excluding hydrogens is 316 g/mol. The van der Waals surface area contributed by atoms with Crippen molar-refractivity contribution in [1.29, 1.82) is 0 Å². The van der Waals surface area contributed by atoms with Crippen molar-refractivity contribution in [3.05, 3.63) is 0 Å². The lowest BCUT2D eigenvalue weighted by atomic mass is 9.83. The molecule has 0 heterocycles. The highest BCUT2D eigenvalue weighted by Gasteiger charge is 2.34. The molecule has 0 aromatic carbocycles. The minimum Gasteiger partial charge on any atom is -0.298 e. The summed E-state index contributed by atoms with van der Waals surface area (Å²) in [5.41, 5.74) is 0. The number of alkyl halides is 1. The molecule has 2 nitrogen and oxygen atoms in total. The van der Waals surface area contributed by atoms with Crippen LogP contribution >= 0.6 is 15.9 Å². The van der Waals surface area contributed by atoms with Crippen LogP contribution in [0.5, 0.6) is 0 Å². The second kappa shape index (κ2) is 10.5. The van der Waals surface area contributed by atoms with Crippen LogP contribution in [0.4, 0.5) is 0 Å². The maximum absolute atomic E-state index is 11.9. The topological polar surface area (TPSA) is 34.1 Å². The van der Waals surface area contributed by atoms with Gasteiger partial charge in [0, 0.05) is 12.3 Å². The van der Waals surface area contributed by atoms with E-state index in [2.05, 4.69) is 22.9 Å². The van der Waals surface area contributed by atoms with Gasteiger partial charge in [-0.15, -0.1) is 0 Å². The van der Waals surface area contributed by atoms with Crippen molar-refractivity contribution < 1.29 is 9.59 Å². The standard InChI is InChI=1S/C17H29BrO2/c1-2-3-4-5-6-7-8-9-10-11-14-12-13-15(19)16(18)17(14)20/h14,16H,2-13H2,1H3. The molecule has 1 aliphatic carbocycles. The average Bonchev–Trinajstić information content (AvgIpc) is 2.45. The summed E-state index contributed by atoms with van der Waals surface area (Å²) in [6.45, 7) is 2.25. The van der Waals surface area contributed by atoms with Gasteiger partial charge in [0.1, 0.15) is 4.83 Å². The molecule has 0 N–H and O–H groups in total. The van der Waals surface area contributed by atoms with Gasteiger partial charge in [0.25, 0.3) is 0 Å². The van der Waals surface area contributed by atoms with E-state index >= 15 is 0 Å². The van der Waals surface area contributed by atoms with E-state index in [-0.39, 0.29) is 17.5 Å². The second-order valence-electron chi connectivity index (χ2n) is 6.08. The van der Waals surface area contributed by atoms with Crippen LogP contribution in [0.1, 0.15) is 84.0 Å². The number of ketones is 2. The van der Waals surface area contributed by atoms with Crippen molar-refractivity contribution >= 4 is 27.5 Å². The molecule has 0 aromatic rings. The third kappa shape index (κ3) is 6.51. The molecule has 0 aromatic heterocycles. The fraction of sp³-hybridized carbons (Fsp3) is 0.882. The Hall–Kier alpha value is -0.180. The van der Waals surface area contributed by atoms with Gasteiger partial charge in [0.15, 0.2) is 11.6 Å². The summed E-state index contributed by atoms with van der Waals surface area (Å²) in [7, 11) is 0. The van der Waals surface area contributed by atoms with E-state index in [9.17, 15) is 9.59 Å². The molecule has 1 fully saturated rings. The maximum atomic E-state index is 11.9. The van der Waals surface area contributed by atoms with Gasteiger partial charge in [-0.25, -0.2) is 0 Å². The Kier molecular flexibility index (Phi) is 9.41. The summed E-state index contributed by atoms with van der Waals surface area (Å²) >= 11 is 3.22. The highest BCUT2D eigenvalue weighted by atomic mass is 79.9. The number of halogens is 1. The molecule has 0 amide bonds. The molecule has 2 atom stereocenters. The number of hydrogen-bond acceptors (Lipinski definition) is 2. The van der Waals surface area contributed by atoms with Crippen molar-refractivity contribution in [2.24, 2.45) is 5.92 Å². The number of unbranched alkanes of at least 4 members (excludes halogenated alkanes) is 8. The zero-order valence-corrected chi connectivity index (χ0v) is 14.4. The quantitative estimate of drug-likeness (QED) is 0.309. The lowest BCUT2D eigenvalue weighted by Crippen LogP contribution is -2.35. The summed E-state index contributed by atoms with van der Waals surface area (Å²) in [4.78, 5) is 22.8. The van der Waals surface area contributed by atoms with Crippen LogP contribution in [0.15, 0.2) is 0 Å². The summed E-state index contributed by atoms with van der Waals surface area (Å²) in [5.74, 6) is 0.320. The first-order valence-corrected chi connectivity index (χ1v) is 9.29. The van der Waals surface area contributed by atoms with E-state index in [4.69, 9.17) is 0 Å². The number of rotatable bonds is 10. The number of Topliss-reactive ketones (excluding diaryl/α,β-unsaturated/α-hetero) is 2. The van der Waals surface area contributed by atoms with Gasteiger partial charge in [-0.2, -0.15) is 0 Å². The van der Waals surface area contributed by atoms with Crippen LogP contribution in [-0.4, -0.2) is 16.4 Å². The van der Waals surface area contributed by atoms with Gasteiger partial charge in [0.2, 0.25) is 0 Å². The molecule has 1 saturated carbocycles. The first kappa shape index (κ1) is 17.9. The first-order chi connectivity index (χ1) is 9.66. The number of carbonyl (C=O) groups is 2. The fourth-order valence-electron chi connectivity index (χ4n) is 2.94. The van der Waals surface area contributed by atoms with Crippen molar-refractivity contribution in [3.63, 3.8) is 0 Å². The Morgan fingerprint density at radius 3 is 2.10 bits per heavy atom. The minimum absolute atomic E-state index is 0.0679. The van der Waals surface area contributed by atoms with E-state index in [0.717, 1.165) is 19.3 Å². The SMILES string of the molecule is CCCCCCCCCCCC1CCC(=O)C(Br)C1=O. The lowest BCUT2D eigenvalue weighted by molar-refractivity contribution is -0.131. The van der Waals surface area contributed by atoms with E-state index < -0.39 is 4.83 Å². The zero-order chi connectivity index (χ0) is 14.8. The van der Waals surface area contributed by atoms with E-state index in [1.54, 1.807) is 0 Å². The molecular formula is C17H29BrO2. The van der Waals surface area contributed by atoms with Gasteiger partial charge in [-0.3, -0.25) is 9.59 Å². The minimum atomic E-state index is -0.514. The molecule has 20 heavy (non-hydrogen) atoms. The van der Waals surface area contributed by atoms with Gasteiger partial charge >= 0.3 is 0 Å². The molecule has 1 rings (SSSR count). The summed E-state index contributed by atoms with van der Waals surface area (Å²) in [5, 5.41) is 0. The molecule has 2 unspecified atom stereocenters. The van der Waals surface area contributed by atoms with Crippen molar-refractivity contribution in [2.45, 2.75) is 88.8 Å². The smallest absolute Gasteiger partial charge is 0.157 e. The zero-order valence-electron chi connectivity index (χ0n) is 12.8. The highest BCUT2D eigenvalue weighted by Crippen LogP contribution is 2.27. The van der Waals surface area contributed by atoms with Gasteiger partial charge in [0.05, 0.1) is 0 Å². The second-order valence-corrected chi connectivity index (χ2v) is 7.00. The fourth-order valence-corrected chi connectivity index (χ4v) is 3.54. The van der Waals surface area contributed by atoms with Gasteiger partial charge in [-0.05, 0) is 12.8 Å². The molecule has 116 valence electrons. The van der Waals surface area contributed by atoms with Crippen molar-refractivity contribution in [3.8, 4) is 0 Å². The van der Waals surface area contributed by atoms with Gasteiger partial charge < -0.3 is 0 Å². The first-order valence-electron chi connectivity index (χ1n) is 8.37. The molecule has 0 bridgehead atoms. The monoisotopic (exact) mass is 344 g/mol. The van der Waals surface area contributed by atoms with E-state index in [1.165, 1.54) is 51.4 Å². The Labute approximate surface area is 132 Å². The van der Waals surface area contributed by atoms with Crippen molar-refractivity contribution in [1.82, 2.24) is 0 Å². The van der Waals surface area contributed by atoms with Crippen LogP contribution in [0, 0.1) is 5.92 Å². The number of carbonyl (C=O) groups excluding carboxylic acids is 2. The highest BCUT2D eigenvalue weighted by molar-refractivity contribution is 9.10. The Balaban J connectivity index is 1.99. The normalized spacial score (nSPS) is 23.3. The summed E-state index contributed by atoms with van der Waals surface area (Å²) in [6, 6.07) is 0. The van der Waals surface area contributed by atoms with Crippen LogP contribution in [0.2, 0.25) is 0 Å². The lowest BCUT2D eigenvalue weighted by Gasteiger charge is -2.23. The molecule has 3 heteroatoms. The predicted molar refractivity (Wildman–Crippen MR) is 87.3 cm³/mol. The summed E-state index contributed by atoms with van der Waals surface area (Å²) in [6.07, 6.45) is 14.1. The third-order valence-electron chi connectivity index (χ3n) is 4.33. The van der Waals surface area contributed by atoms with Crippen LogP contribution in [0.3, 0.4) is 0 Å². The maximum Gasteiger partial charge on any atom is 0.157 e. The Bertz CT molecular complexity index is 301. The average molecular weight is 345 g/mol. The Morgan fingerprint density at radius 1 is 0.950 bits per heavy atom. The van der Waals surface area contributed by atoms with E-state index in [1.807, 2.05) is 0 Å². The predicted octanol–water partition coefficient (Wildman–Crippen LogP) is 5.22. The largest absolute Gasteiger partial charge is 0.298 e. The molecule has 1 aliphatic rings. The van der Waals surface area contributed by atoms with Crippen LogP contribution in [-0.2, 0) is 9.59 Å². The van der Waals surface area contributed by atoms with E-state index in [0.29, 0.717) is 6.42 Å². The molecule has 0 spiro atoms. The number of hydrogen-bond donors (Lipinski definition) is 0. The molecule has 0 saturated heterocycles. The van der Waals surface area contributed by atoms with Crippen LogP contribution in [0.25, 0.3) is 0 Å². The Morgan fingerprint density at radius 2 is 1.50 bits per heavy atom. The molecule has 0 radical (unpaired) electrons.